The molecule has 5 amide bonds. The van der Waals surface area contributed by atoms with Crippen molar-refractivity contribution in [2.24, 2.45) is 0 Å². The Kier molecular flexibility index (Phi) is 11.9. The summed E-state index contributed by atoms with van der Waals surface area (Å²) in [6.07, 6.45) is 0.220. The van der Waals surface area contributed by atoms with E-state index in [-0.39, 0.29) is 61.9 Å². The number of rotatable bonds is 16. The largest absolute Gasteiger partial charge is 0.483 e. The van der Waals surface area contributed by atoms with Crippen LogP contribution in [0.15, 0.2) is 18.2 Å². The first kappa shape index (κ1) is 32.6. The number of piperidine rings is 1. The summed E-state index contributed by atoms with van der Waals surface area (Å²) in [6, 6.07) is 3.31. The zero-order valence-electron chi connectivity index (χ0n) is 24.0. The Hall–Kier alpha value is -3.88. The van der Waals surface area contributed by atoms with Gasteiger partial charge in [0.05, 0.1) is 57.2 Å². The maximum Gasteiger partial charge on any atom is 0.308 e. The second-order valence-corrected chi connectivity index (χ2v) is 10.4. The number of nitrogens with one attached hydrogen (secondary N) is 2. The standard InChI is InChI=1S/C28H37N3O11/c1-28(2,3)42-23(34)9-11-38-13-15-40-16-14-39-12-10-29-22(33)17-41-20-6-4-5-18-24(20)27(37)31(26(18)36)19-7-8-21(32)30-25(19)35/h4-6,19H,7-17H2,1-3H3,(H,29,33)(H,30,32,35). The molecule has 230 valence electrons. The molecule has 2 aliphatic rings. The lowest BCUT2D eigenvalue weighted by atomic mass is 10.0. The number of carbonyl (C=O) groups excluding carboxylic acids is 6. The average Bonchev–Trinajstić information content (AvgIpc) is 3.17. The summed E-state index contributed by atoms with van der Waals surface area (Å²) in [4.78, 5) is 74.2. The molecule has 1 aromatic carbocycles. The highest BCUT2D eigenvalue weighted by Crippen LogP contribution is 2.33. The molecule has 2 aliphatic heterocycles. The van der Waals surface area contributed by atoms with E-state index < -0.39 is 47.8 Å². The second kappa shape index (κ2) is 15.4. The topological polar surface area (TPSA) is 176 Å². The fourth-order valence-electron chi connectivity index (χ4n) is 4.15. The lowest BCUT2D eigenvalue weighted by molar-refractivity contribution is -0.156. The van der Waals surface area contributed by atoms with Crippen molar-refractivity contribution in [3.8, 4) is 5.75 Å². The smallest absolute Gasteiger partial charge is 0.308 e. The molecule has 0 bridgehead atoms. The van der Waals surface area contributed by atoms with Crippen LogP contribution in [0.4, 0.5) is 0 Å². The molecule has 0 aliphatic carbocycles. The van der Waals surface area contributed by atoms with Crippen LogP contribution in [-0.4, -0.2) is 105 Å². The van der Waals surface area contributed by atoms with E-state index in [1.54, 1.807) is 20.8 Å². The second-order valence-electron chi connectivity index (χ2n) is 10.4. The molecule has 0 radical (unpaired) electrons. The average molecular weight is 592 g/mol. The molecular weight excluding hydrogens is 554 g/mol. The van der Waals surface area contributed by atoms with Gasteiger partial charge in [-0.05, 0) is 39.3 Å². The van der Waals surface area contributed by atoms with Gasteiger partial charge < -0.3 is 29.0 Å². The van der Waals surface area contributed by atoms with Crippen molar-refractivity contribution < 1.29 is 52.5 Å². The van der Waals surface area contributed by atoms with Crippen LogP contribution in [-0.2, 0) is 38.1 Å². The van der Waals surface area contributed by atoms with E-state index in [9.17, 15) is 28.8 Å². The predicted molar refractivity (Wildman–Crippen MR) is 145 cm³/mol. The fourth-order valence-corrected chi connectivity index (χ4v) is 4.15. The van der Waals surface area contributed by atoms with Crippen LogP contribution in [0.3, 0.4) is 0 Å². The highest BCUT2D eigenvalue weighted by atomic mass is 16.6. The van der Waals surface area contributed by atoms with Crippen molar-refractivity contribution in [2.75, 3.05) is 52.8 Å². The summed E-state index contributed by atoms with van der Waals surface area (Å²) < 4.78 is 26.8. The minimum Gasteiger partial charge on any atom is -0.483 e. The number of benzene rings is 1. The molecule has 14 nitrogen and oxygen atoms in total. The molecule has 42 heavy (non-hydrogen) atoms. The van der Waals surface area contributed by atoms with Crippen LogP contribution >= 0.6 is 0 Å². The molecule has 1 fully saturated rings. The predicted octanol–water partition coefficient (Wildman–Crippen LogP) is 0.364. The number of amides is 5. The molecule has 0 spiro atoms. The number of hydrogen-bond donors (Lipinski definition) is 2. The number of hydrogen-bond acceptors (Lipinski definition) is 11. The molecule has 1 unspecified atom stereocenters. The Bertz CT molecular complexity index is 1180. The van der Waals surface area contributed by atoms with Gasteiger partial charge in [0.25, 0.3) is 17.7 Å². The van der Waals surface area contributed by atoms with Gasteiger partial charge in [-0.1, -0.05) is 6.07 Å². The summed E-state index contributed by atoms with van der Waals surface area (Å²) in [7, 11) is 0. The Morgan fingerprint density at radius 2 is 1.62 bits per heavy atom. The van der Waals surface area contributed by atoms with Crippen LogP contribution in [0, 0.1) is 0 Å². The number of esters is 1. The van der Waals surface area contributed by atoms with Crippen molar-refractivity contribution in [1.29, 1.82) is 0 Å². The van der Waals surface area contributed by atoms with E-state index in [1.807, 2.05) is 0 Å². The number of ether oxygens (including phenoxy) is 5. The first-order valence-electron chi connectivity index (χ1n) is 13.7. The molecule has 1 saturated heterocycles. The zero-order chi connectivity index (χ0) is 30.7. The first-order valence-corrected chi connectivity index (χ1v) is 13.7. The quantitative estimate of drug-likeness (QED) is 0.154. The third-order valence-corrected chi connectivity index (χ3v) is 5.97. The molecule has 3 rings (SSSR count). The Morgan fingerprint density at radius 3 is 2.29 bits per heavy atom. The molecule has 1 atom stereocenters. The van der Waals surface area contributed by atoms with Gasteiger partial charge in [0.1, 0.15) is 17.4 Å². The van der Waals surface area contributed by atoms with E-state index in [1.165, 1.54) is 18.2 Å². The minimum absolute atomic E-state index is 0.0117. The maximum absolute atomic E-state index is 13.1. The van der Waals surface area contributed by atoms with Crippen LogP contribution in [0.25, 0.3) is 0 Å². The van der Waals surface area contributed by atoms with E-state index in [4.69, 9.17) is 23.7 Å². The van der Waals surface area contributed by atoms with Gasteiger partial charge in [0, 0.05) is 13.0 Å². The summed E-state index contributed by atoms with van der Waals surface area (Å²) >= 11 is 0. The third-order valence-electron chi connectivity index (χ3n) is 5.97. The fraction of sp³-hybridized carbons (Fsp3) is 0.571. The van der Waals surface area contributed by atoms with Gasteiger partial charge in [-0.3, -0.25) is 39.0 Å². The van der Waals surface area contributed by atoms with Crippen molar-refractivity contribution in [2.45, 2.75) is 51.7 Å². The highest BCUT2D eigenvalue weighted by molar-refractivity contribution is 6.24. The molecule has 14 heteroatoms. The molecule has 2 heterocycles. The zero-order valence-corrected chi connectivity index (χ0v) is 24.0. The summed E-state index contributed by atoms with van der Waals surface area (Å²) in [5, 5.41) is 4.77. The molecular formula is C28H37N3O11. The third kappa shape index (κ3) is 9.60. The van der Waals surface area contributed by atoms with Gasteiger partial charge >= 0.3 is 5.97 Å². The Labute approximate surface area is 243 Å². The summed E-state index contributed by atoms with van der Waals surface area (Å²) in [5.74, 6) is -3.29. The van der Waals surface area contributed by atoms with Gasteiger partial charge in [-0.2, -0.15) is 0 Å². The molecule has 2 N–H and O–H groups in total. The van der Waals surface area contributed by atoms with Gasteiger partial charge in [-0.25, -0.2) is 0 Å². The maximum atomic E-state index is 13.1. The van der Waals surface area contributed by atoms with Gasteiger partial charge in [0.15, 0.2) is 6.61 Å². The lowest BCUT2D eigenvalue weighted by Gasteiger charge is -2.27. The number of nitrogens with zero attached hydrogens (tertiary/aromatic N) is 1. The molecule has 0 aromatic heterocycles. The van der Waals surface area contributed by atoms with Crippen LogP contribution in [0.5, 0.6) is 5.75 Å². The summed E-state index contributed by atoms with van der Waals surface area (Å²) in [5.41, 5.74) is -0.489. The number of imide groups is 2. The summed E-state index contributed by atoms with van der Waals surface area (Å²) in [6.45, 7) is 7.00. The van der Waals surface area contributed by atoms with Crippen LogP contribution in [0.2, 0.25) is 0 Å². The minimum atomic E-state index is -1.10. The lowest BCUT2D eigenvalue weighted by Crippen LogP contribution is -2.54. The highest BCUT2D eigenvalue weighted by Gasteiger charge is 2.46. The van der Waals surface area contributed by atoms with Crippen LogP contribution in [0.1, 0.15) is 60.7 Å². The molecule has 0 saturated carbocycles. The van der Waals surface area contributed by atoms with Crippen molar-refractivity contribution in [1.82, 2.24) is 15.5 Å². The Morgan fingerprint density at radius 1 is 0.952 bits per heavy atom. The van der Waals surface area contributed by atoms with Crippen molar-refractivity contribution in [3.05, 3.63) is 29.3 Å². The van der Waals surface area contributed by atoms with Crippen LogP contribution < -0.4 is 15.4 Å². The van der Waals surface area contributed by atoms with Gasteiger partial charge in [0.2, 0.25) is 11.8 Å². The molecule has 1 aromatic rings. The first-order chi connectivity index (χ1) is 20.0. The SMILES string of the molecule is CC(C)(C)OC(=O)CCOCCOCCOCCNC(=O)COc1cccc2c1C(=O)N(C1CCC(=O)NC1=O)C2=O. The number of fused-ring (bicyclic) bond motifs is 1. The van der Waals surface area contributed by atoms with E-state index in [0.717, 1.165) is 4.90 Å². The number of carbonyl (C=O) groups is 6. The van der Waals surface area contributed by atoms with Crippen molar-refractivity contribution in [3.63, 3.8) is 0 Å². The normalized spacial score (nSPS) is 16.7. The van der Waals surface area contributed by atoms with E-state index in [2.05, 4.69) is 10.6 Å². The monoisotopic (exact) mass is 591 g/mol. The van der Waals surface area contributed by atoms with Crippen molar-refractivity contribution >= 4 is 35.5 Å². The van der Waals surface area contributed by atoms with E-state index in [0.29, 0.717) is 26.4 Å². The van der Waals surface area contributed by atoms with E-state index >= 15 is 0 Å². The van der Waals surface area contributed by atoms with Gasteiger partial charge in [-0.15, -0.1) is 0 Å². The Balaban J connectivity index is 1.27.